The Hall–Kier alpha value is -1.87. The molecule has 1 atom stereocenters. The summed E-state index contributed by atoms with van der Waals surface area (Å²) in [5, 5.41) is 9.27. The Kier molecular flexibility index (Phi) is 2.65. The lowest BCUT2D eigenvalue weighted by atomic mass is 10.1. The molecular formula is C12H10O3. The number of cyclic esters (lactones) is 1. The fourth-order valence-electron chi connectivity index (χ4n) is 1.31. The summed E-state index contributed by atoms with van der Waals surface area (Å²) >= 11 is 0. The van der Waals surface area contributed by atoms with Crippen LogP contribution in [0.15, 0.2) is 48.1 Å². The second-order valence-electron chi connectivity index (χ2n) is 3.18. The maximum absolute atomic E-state index is 10.8. The van der Waals surface area contributed by atoms with Gasteiger partial charge in [0, 0.05) is 11.6 Å². The Morgan fingerprint density at radius 1 is 1.20 bits per heavy atom. The van der Waals surface area contributed by atoms with E-state index in [0.29, 0.717) is 5.57 Å². The van der Waals surface area contributed by atoms with E-state index in [2.05, 4.69) is 4.74 Å². The van der Waals surface area contributed by atoms with Crippen molar-refractivity contribution in [2.24, 2.45) is 0 Å². The minimum absolute atomic E-state index is 0.476. The van der Waals surface area contributed by atoms with Gasteiger partial charge in [0.2, 0.25) is 6.29 Å². The van der Waals surface area contributed by atoms with Crippen LogP contribution >= 0.6 is 0 Å². The summed E-state index contributed by atoms with van der Waals surface area (Å²) in [4.78, 5) is 10.8. The smallest absolute Gasteiger partial charge is 0.333 e. The van der Waals surface area contributed by atoms with E-state index >= 15 is 0 Å². The first-order valence-electron chi connectivity index (χ1n) is 4.59. The highest BCUT2D eigenvalue weighted by Crippen LogP contribution is 2.15. The quantitative estimate of drug-likeness (QED) is 0.739. The second-order valence-corrected chi connectivity index (χ2v) is 3.18. The van der Waals surface area contributed by atoms with Crippen LogP contribution in [0, 0.1) is 0 Å². The maximum Gasteiger partial charge on any atom is 0.333 e. The van der Waals surface area contributed by atoms with Crippen molar-refractivity contribution in [3.05, 3.63) is 53.6 Å². The van der Waals surface area contributed by atoms with Crippen LogP contribution in [0.5, 0.6) is 0 Å². The van der Waals surface area contributed by atoms with Crippen LogP contribution in [0.25, 0.3) is 6.08 Å². The van der Waals surface area contributed by atoms with E-state index in [1.54, 1.807) is 6.08 Å². The van der Waals surface area contributed by atoms with Gasteiger partial charge >= 0.3 is 5.97 Å². The highest BCUT2D eigenvalue weighted by Gasteiger charge is 2.20. The summed E-state index contributed by atoms with van der Waals surface area (Å²) < 4.78 is 4.53. The van der Waals surface area contributed by atoms with Crippen molar-refractivity contribution in [2.45, 2.75) is 6.29 Å². The van der Waals surface area contributed by atoms with Crippen LogP contribution in [-0.4, -0.2) is 17.4 Å². The van der Waals surface area contributed by atoms with Crippen LogP contribution in [0.3, 0.4) is 0 Å². The molecule has 3 heteroatoms. The zero-order valence-electron chi connectivity index (χ0n) is 7.96. The van der Waals surface area contributed by atoms with Crippen molar-refractivity contribution in [3.8, 4) is 0 Å². The molecule has 0 spiro atoms. The molecule has 2 rings (SSSR count). The third kappa shape index (κ3) is 2.33. The molecule has 0 aromatic heterocycles. The molecule has 15 heavy (non-hydrogen) atoms. The molecule has 0 aliphatic carbocycles. The Morgan fingerprint density at radius 3 is 2.53 bits per heavy atom. The molecule has 0 saturated heterocycles. The molecule has 0 bridgehead atoms. The van der Waals surface area contributed by atoms with Crippen molar-refractivity contribution in [1.82, 2.24) is 0 Å². The van der Waals surface area contributed by atoms with Gasteiger partial charge in [0.1, 0.15) is 0 Å². The molecule has 1 heterocycles. The topological polar surface area (TPSA) is 46.5 Å². The number of carbonyl (C=O) groups is 1. The highest BCUT2D eigenvalue weighted by atomic mass is 16.6. The average Bonchev–Trinajstić information content (AvgIpc) is 2.56. The number of hydrogen-bond donors (Lipinski definition) is 1. The van der Waals surface area contributed by atoms with Crippen molar-refractivity contribution in [2.75, 3.05) is 0 Å². The van der Waals surface area contributed by atoms with E-state index in [1.165, 1.54) is 6.08 Å². The molecule has 1 N–H and O–H groups in total. The van der Waals surface area contributed by atoms with Crippen LogP contribution in [-0.2, 0) is 9.53 Å². The van der Waals surface area contributed by atoms with Gasteiger partial charge in [0.05, 0.1) is 0 Å². The minimum Gasteiger partial charge on any atom is -0.428 e. The fraction of sp³-hybridized carbons (Fsp3) is 0.0833. The third-order valence-electron chi connectivity index (χ3n) is 2.07. The monoisotopic (exact) mass is 202 g/mol. The summed E-state index contributed by atoms with van der Waals surface area (Å²) in [5.74, 6) is -0.504. The lowest BCUT2D eigenvalue weighted by molar-refractivity contribution is -0.150. The molecule has 76 valence electrons. The van der Waals surface area contributed by atoms with Gasteiger partial charge in [0.15, 0.2) is 0 Å². The molecule has 1 aromatic rings. The first kappa shape index (κ1) is 9.68. The molecule has 1 aromatic carbocycles. The predicted molar refractivity (Wildman–Crippen MR) is 55.7 cm³/mol. The number of ether oxygens (including phenoxy) is 1. The largest absolute Gasteiger partial charge is 0.428 e. The first-order valence-corrected chi connectivity index (χ1v) is 4.59. The SMILES string of the molecule is O=C1C=C(/C=C/c2ccccc2)C(O)O1. The number of rotatable bonds is 2. The minimum atomic E-state index is -1.13. The number of esters is 1. The summed E-state index contributed by atoms with van der Waals surface area (Å²) in [6, 6.07) is 9.62. The van der Waals surface area contributed by atoms with Crippen molar-refractivity contribution in [3.63, 3.8) is 0 Å². The molecule has 3 nitrogen and oxygen atoms in total. The number of aliphatic hydroxyl groups is 1. The molecule has 0 saturated carbocycles. The second kappa shape index (κ2) is 4.11. The normalized spacial score (nSPS) is 20.5. The molecule has 1 aliphatic rings. The van der Waals surface area contributed by atoms with Crippen molar-refractivity contribution >= 4 is 12.0 Å². The average molecular weight is 202 g/mol. The molecule has 0 radical (unpaired) electrons. The van der Waals surface area contributed by atoms with Gasteiger partial charge < -0.3 is 9.84 Å². The Labute approximate surface area is 87.3 Å². The van der Waals surface area contributed by atoms with Gasteiger partial charge in [-0.2, -0.15) is 0 Å². The van der Waals surface area contributed by atoms with Crippen molar-refractivity contribution in [1.29, 1.82) is 0 Å². The number of hydrogen-bond acceptors (Lipinski definition) is 3. The van der Waals surface area contributed by atoms with Gasteiger partial charge in [-0.05, 0) is 5.56 Å². The molecule has 0 fully saturated rings. The van der Waals surface area contributed by atoms with Gasteiger partial charge in [-0.1, -0.05) is 42.5 Å². The number of carbonyl (C=O) groups excluding carboxylic acids is 1. The summed E-state index contributed by atoms with van der Waals surface area (Å²) in [6.07, 6.45) is 3.64. The highest BCUT2D eigenvalue weighted by molar-refractivity contribution is 5.86. The molecule has 1 aliphatic heterocycles. The Morgan fingerprint density at radius 2 is 1.93 bits per heavy atom. The van der Waals surface area contributed by atoms with Crippen molar-refractivity contribution < 1.29 is 14.6 Å². The van der Waals surface area contributed by atoms with Gasteiger partial charge in [-0.3, -0.25) is 0 Å². The maximum atomic E-state index is 10.8. The van der Waals surface area contributed by atoms with Gasteiger partial charge in [-0.15, -0.1) is 0 Å². The van der Waals surface area contributed by atoms with Gasteiger partial charge in [-0.25, -0.2) is 4.79 Å². The summed E-state index contributed by atoms with van der Waals surface area (Å²) in [6.45, 7) is 0. The van der Waals surface area contributed by atoms with E-state index in [-0.39, 0.29) is 0 Å². The number of benzene rings is 1. The zero-order valence-corrected chi connectivity index (χ0v) is 7.96. The van der Waals surface area contributed by atoms with Crippen LogP contribution in [0.4, 0.5) is 0 Å². The Balaban J connectivity index is 2.13. The van der Waals surface area contributed by atoms with Crippen LogP contribution in [0.1, 0.15) is 5.56 Å². The van der Waals surface area contributed by atoms with Crippen LogP contribution in [0.2, 0.25) is 0 Å². The predicted octanol–water partition coefficient (Wildman–Crippen LogP) is 1.50. The van der Waals surface area contributed by atoms with E-state index in [9.17, 15) is 9.90 Å². The number of aliphatic hydroxyl groups excluding tert-OH is 1. The van der Waals surface area contributed by atoms with E-state index in [1.807, 2.05) is 36.4 Å². The molecular weight excluding hydrogens is 192 g/mol. The zero-order chi connectivity index (χ0) is 10.7. The Bertz CT molecular complexity index is 418. The lowest BCUT2D eigenvalue weighted by Gasteiger charge is -2.02. The summed E-state index contributed by atoms with van der Waals surface area (Å²) in [5.41, 5.74) is 1.48. The summed E-state index contributed by atoms with van der Waals surface area (Å²) in [7, 11) is 0. The molecule has 1 unspecified atom stereocenters. The third-order valence-corrected chi connectivity index (χ3v) is 2.07. The first-order chi connectivity index (χ1) is 7.25. The molecule has 0 amide bonds. The van der Waals surface area contributed by atoms with Crippen LogP contribution < -0.4 is 0 Å². The lowest BCUT2D eigenvalue weighted by Crippen LogP contribution is -2.08. The standard InChI is InChI=1S/C12H10O3/c13-11-8-10(12(14)15-11)7-6-9-4-2-1-3-5-9/h1-8,12,14H/b7-6+. The van der Waals surface area contributed by atoms with E-state index < -0.39 is 12.3 Å². The van der Waals surface area contributed by atoms with Gasteiger partial charge in [0.25, 0.3) is 0 Å². The van der Waals surface area contributed by atoms with E-state index in [0.717, 1.165) is 5.56 Å². The fourth-order valence-corrected chi connectivity index (χ4v) is 1.31. The van der Waals surface area contributed by atoms with E-state index in [4.69, 9.17) is 0 Å².